The van der Waals surface area contributed by atoms with Crippen LogP contribution in [0.1, 0.15) is 22.7 Å². The van der Waals surface area contributed by atoms with Crippen LogP contribution in [0.5, 0.6) is 5.75 Å². The van der Waals surface area contributed by atoms with Crippen LogP contribution in [0.4, 0.5) is 8.78 Å². The van der Waals surface area contributed by atoms with Crippen molar-refractivity contribution in [2.75, 3.05) is 6.54 Å². The number of hydrogen-bond donors (Lipinski definition) is 0. The first-order chi connectivity index (χ1) is 12.0. The van der Waals surface area contributed by atoms with Crippen molar-refractivity contribution in [2.24, 2.45) is 0 Å². The first-order valence-corrected chi connectivity index (χ1v) is 7.69. The Labute approximate surface area is 142 Å². The van der Waals surface area contributed by atoms with Crippen molar-refractivity contribution in [3.8, 4) is 5.75 Å². The molecule has 130 valence electrons. The SMILES string of the molecule is Cc1cc2ccccn2c1C(C[N+](=O)[O-])c1ccc(OC(F)F)cc1. The molecule has 0 amide bonds. The van der Waals surface area contributed by atoms with Crippen molar-refractivity contribution in [2.45, 2.75) is 19.5 Å². The van der Waals surface area contributed by atoms with Crippen molar-refractivity contribution in [1.29, 1.82) is 0 Å². The van der Waals surface area contributed by atoms with Crippen LogP contribution in [-0.2, 0) is 0 Å². The van der Waals surface area contributed by atoms with Crippen LogP contribution in [0.15, 0.2) is 54.7 Å². The van der Waals surface area contributed by atoms with Gasteiger partial charge in [-0.3, -0.25) is 10.1 Å². The van der Waals surface area contributed by atoms with Crippen LogP contribution in [0.3, 0.4) is 0 Å². The highest BCUT2D eigenvalue weighted by atomic mass is 19.3. The van der Waals surface area contributed by atoms with E-state index >= 15 is 0 Å². The number of pyridine rings is 1. The molecule has 1 unspecified atom stereocenters. The van der Waals surface area contributed by atoms with Gasteiger partial charge in [-0.2, -0.15) is 8.78 Å². The fourth-order valence-electron chi connectivity index (χ4n) is 3.10. The number of alkyl halides is 2. The third-order valence-electron chi connectivity index (χ3n) is 4.09. The van der Waals surface area contributed by atoms with E-state index in [9.17, 15) is 18.9 Å². The van der Waals surface area contributed by atoms with Gasteiger partial charge in [0.15, 0.2) is 0 Å². The van der Waals surface area contributed by atoms with Gasteiger partial charge in [0.05, 0.1) is 5.92 Å². The Kier molecular flexibility index (Phi) is 4.65. The molecule has 1 aromatic carbocycles. The first-order valence-electron chi connectivity index (χ1n) is 7.69. The molecule has 1 atom stereocenters. The van der Waals surface area contributed by atoms with E-state index in [1.54, 1.807) is 12.1 Å². The minimum absolute atomic E-state index is 0.0235. The van der Waals surface area contributed by atoms with E-state index in [4.69, 9.17) is 0 Å². The highest BCUT2D eigenvalue weighted by Gasteiger charge is 2.25. The maximum absolute atomic E-state index is 12.3. The van der Waals surface area contributed by atoms with Crippen LogP contribution in [0.25, 0.3) is 5.52 Å². The van der Waals surface area contributed by atoms with Crippen molar-refractivity contribution in [1.82, 2.24) is 4.40 Å². The molecule has 0 spiro atoms. The van der Waals surface area contributed by atoms with Gasteiger partial charge in [0, 0.05) is 22.3 Å². The number of fused-ring (bicyclic) bond motifs is 1. The van der Waals surface area contributed by atoms with E-state index in [2.05, 4.69) is 4.74 Å². The molecule has 3 aromatic rings. The van der Waals surface area contributed by atoms with Gasteiger partial charge in [-0.15, -0.1) is 0 Å². The number of nitrogens with zero attached hydrogens (tertiary/aromatic N) is 2. The number of hydrogen-bond acceptors (Lipinski definition) is 3. The first kappa shape index (κ1) is 16.9. The third-order valence-corrected chi connectivity index (χ3v) is 4.09. The summed E-state index contributed by atoms with van der Waals surface area (Å²) in [6.45, 7) is -1.29. The Balaban J connectivity index is 2.05. The summed E-state index contributed by atoms with van der Waals surface area (Å²) in [5.41, 5.74) is 3.37. The number of halogens is 2. The minimum atomic E-state index is -2.91. The number of benzene rings is 1. The molecule has 0 N–H and O–H groups in total. The van der Waals surface area contributed by atoms with Gasteiger partial charge in [-0.25, -0.2) is 0 Å². The molecule has 0 saturated heterocycles. The van der Waals surface area contributed by atoms with E-state index in [0.717, 1.165) is 16.8 Å². The standard InChI is InChI=1S/C18H16F2N2O3/c1-12-10-14-4-2-3-9-21(14)17(12)16(11-22(23)24)13-5-7-15(8-6-13)25-18(19)20/h2-10,16,18H,11H2,1H3. The zero-order valence-corrected chi connectivity index (χ0v) is 13.4. The highest BCUT2D eigenvalue weighted by molar-refractivity contribution is 5.55. The lowest BCUT2D eigenvalue weighted by molar-refractivity contribution is -0.482. The van der Waals surface area contributed by atoms with Crippen molar-refractivity contribution < 1.29 is 18.4 Å². The summed E-state index contributed by atoms with van der Waals surface area (Å²) >= 11 is 0. The molecule has 0 saturated carbocycles. The zero-order valence-electron chi connectivity index (χ0n) is 13.4. The van der Waals surface area contributed by atoms with Crippen molar-refractivity contribution in [3.05, 3.63) is 81.7 Å². The van der Waals surface area contributed by atoms with E-state index in [-0.39, 0.29) is 17.2 Å². The molecule has 0 aliphatic carbocycles. The average Bonchev–Trinajstić information content (AvgIpc) is 2.88. The molecule has 2 aromatic heterocycles. The second kappa shape index (κ2) is 6.88. The Morgan fingerprint density at radius 3 is 2.56 bits per heavy atom. The topological polar surface area (TPSA) is 56.8 Å². The number of aryl methyl sites for hydroxylation is 1. The molecule has 2 heterocycles. The van der Waals surface area contributed by atoms with E-state index < -0.39 is 12.5 Å². The second-order valence-corrected chi connectivity index (χ2v) is 5.72. The van der Waals surface area contributed by atoms with Crippen LogP contribution in [0, 0.1) is 17.0 Å². The summed E-state index contributed by atoms with van der Waals surface area (Å²) in [5, 5.41) is 11.2. The fraction of sp³-hybridized carbons (Fsp3) is 0.222. The maximum atomic E-state index is 12.3. The highest BCUT2D eigenvalue weighted by Crippen LogP contribution is 2.31. The van der Waals surface area contributed by atoms with Gasteiger partial charge >= 0.3 is 6.61 Å². The largest absolute Gasteiger partial charge is 0.435 e. The van der Waals surface area contributed by atoms with E-state index in [1.807, 2.05) is 41.8 Å². The summed E-state index contributed by atoms with van der Waals surface area (Å²) in [7, 11) is 0. The lowest BCUT2D eigenvalue weighted by Gasteiger charge is -2.16. The Morgan fingerprint density at radius 2 is 1.92 bits per heavy atom. The summed E-state index contributed by atoms with van der Waals surface area (Å²) < 4.78 is 30.8. The number of ether oxygens (including phenoxy) is 1. The van der Waals surface area contributed by atoms with E-state index in [1.165, 1.54) is 12.1 Å². The zero-order chi connectivity index (χ0) is 18.0. The average molecular weight is 346 g/mol. The monoisotopic (exact) mass is 346 g/mol. The van der Waals surface area contributed by atoms with Crippen LogP contribution < -0.4 is 4.74 Å². The molecule has 25 heavy (non-hydrogen) atoms. The fourth-order valence-corrected chi connectivity index (χ4v) is 3.10. The molecular formula is C18H16F2N2O3. The predicted molar refractivity (Wildman–Crippen MR) is 88.9 cm³/mol. The van der Waals surface area contributed by atoms with Gasteiger partial charge in [0.25, 0.3) is 0 Å². The van der Waals surface area contributed by atoms with Gasteiger partial charge in [-0.05, 0) is 48.4 Å². The van der Waals surface area contributed by atoms with Crippen LogP contribution in [0.2, 0.25) is 0 Å². The Hall–Kier alpha value is -2.96. The molecule has 0 aliphatic heterocycles. The summed E-state index contributed by atoms with van der Waals surface area (Å²) in [5.74, 6) is -0.476. The third kappa shape index (κ3) is 3.60. The van der Waals surface area contributed by atoms with E-state index in [0.29, 0.717) is 5.56 Å². The molecule has 0 fully saturated rings. The summed E-state index contributed by atoms with van der Waals surface area (Å²) in [6.07, 6.45) is 1.86. The molecule has 0 radical (unpaired) electrons. The molecule has 7 heteroatoms. The van der Waals surface area contributed by atoms with Crippen LogP contribution in [-0.4, -0.2) is 22.5 Å². The quantitative estimate of drug-likeness (QED) is 0.495. The molecule has 0 aliphatic rings. The lowest BCUT2D eigenvalue weighted by Crippen LogP contribution is -2.16. The lowest BCUT2D eigenvalue weighted by atomic mass is 9.93. The molecular weight excluding hydrogens is 330 g/mol. The van der Waals surface area contributed by atoms with Gasteiger partial charge in [0.2, 0.25) is 6.54 Å². The molecule has 3 rings (SSSR count). The number of aromatic nitrogens is 1. The summed E-state index contributed by atoms with van der Waals surface area (Å²) in [6, 6.07) is 13.6. The molecule has 0 bridgehead atoms. The number of rotatable bonds is 6. The maximum Gasteiger partial charge on any atom is 0.387 e. The second-order valence-electron chi connectivity index (χ2n) is 5.72. The van der Waals surface area contributed by atoms with Crippen LogP contribution >= 0.6 is 0 Å². The minimum Gasteiger partial charge on any atom is -0.435 e. The normalized spacial score (nSPS) is 12.5. The summed E-state index contributed by atoms with van der Waals surface area (Å²) in [4.78, 5) is 10.8. The Bertz CT molecular complexity index is 891. The van der Waals surface area contributed by atoms with Gasteiger partial charge in [0.1, 0.15) is 5.75 Å². The van der Waals surface area contributed by atoms with Gasteiger partial charge < -0.3 is 9.14 Å². The smallest absolute Gasteiger partial charge is 0.387 e. The number of nitro groups is 1. The van der Waals surface area contributed by atoms with Crippen molar-refractivity contribution in [3.63, 3.8) is 0 Å². The molecule has 5 nitrogen and oxygen atoms in total. The Morgan fingerprint density at radius 1 is 1.20 bits per heavy atom. The van der Waals surface area contributed by atoms with Crippen molar-refractivity contribution >= 4 is 5.52 Å². The van der Waals surface area contributed by atoms with Gasteiger partial charge in [-0.1, -0.05) is 18.2 Å². The predicted octanol–water partition coefficient (Wildman–Crippen LogP) is 4.26.